The lowest BCUT2D eigenvalue weighted by molar-refractivity contribution is -0.107. The van der Waals surface area contributed by atoms with Crippen molar-refractivity contribution in [3.8, 4) is 5.75 Å². The van der Waals surface area contributed by atoms with Crippen molar-refractivity contribution in [2.75, 3.05) is 19.8 Å². The molecule has 1 aromatic carbocycles. The Kier molecular flexibility index (Phi) is 8.03. The molecule has 0 unspecified atom stereocenters. The van der Waals surface area contributed by atoms with Crippen LogP contribution >= 0.6 is 0 Å². The molecule has 1 N–H and O–H groups in total. The SMILES string of the molecule is O=CCCCCCNC(=O)c1ccc(OCCF)cc1. The minimum Gasteiger partial charge on any atom is -0.491 e. The molecule has 1 amide bonds. The van der Waals surface area contributed by atoms with Crippen molar-refractivity contribution in [2.45, 2.75) is 25.7 Å². The first kappa shape index (κ1) is 16.1. The third-order valence-electron chi connectivity index (χ3n) is 2.75. The van der Waals surface area contributed by atoms with Crippen LogP contribution in [-0.4, -0.2) is 32.0 Å². The Labute approximate surface area is 118 Å². The van der Waals surface area contributed by atoms with Crippen LogP contribution in [0.5, 0.6) is 5.75 Å². The van der Waals surface area contributed by atoms with Crippen molar-refractivity contribution in [1.29, 1.82) is 0 Å². The van der Waals surface area contributed by atoms with E-state index in [1.165, 1.54) is 0 Å². The molecule has 110 valence electrons. The van der Waals surface area contributed by atoms with Gasteiger partial charge in [0.25, 0.3) is 5.91 Å². The molecule has 0 saturated heterocycles. The van der Waals surface area contributed by atoms with Gasteiger partial charge >= 0.3 is 0 Å². The van der Waals surface area contributed by atoms with E-state index in [9.17, 15) is 14.0 Å². The number of nitrogens with one attached hydrogen (secondary N) is 1. The van der Waals surface area contributed by atoms with Gasteiger partial charge in [-0.05, 0) is 37.1 Å². The minimum absolute atomic E-state index is 0.0202. The number of aldehydes is 1. The molecule has 0 aliphatic rings. The van der Waals surface area contributed by atoms with Crippen LogP contribution in [0.3, 0.4) is 0 Å². The Bertz CT molecular complexity index is 406. The maximum atomic E-state index is 11.9. The summed E-state index contributed by atoms with van der Waals surface area (Å²) in [4.78, 5) is 21.9. The first-order valence-electron chi connectivity index (χ1n) is 6.78. The van der Waals surface area contributed by atoms with E-state index in [0.717, 1.165) is 25.5 Å². The standard InChI is InChI=1S/C15H20FNO3/c16-9-12-20-14-7-5-13(6-8-14)15(19)17-10-3-1-2-4-11-18/h5-8,11H,1-4,9-10,12H2,(H,17,19). The topological polar surface area (TPSA) is 55.4 Å². The van der Waals surface area contributed by atoms with Crippen LogP contribution in [0.4, 0.5) is 4.39 Å². The largest absolute Gasteiger partial charge is 0.491 e. The number of rotatable bonds is 10. The van der Waals surface area contributed by atoms with Crippen LogP contribution in [0.25, 0.3) is 0 Å². The lowest BCUT2D eigenvalue weighted by atomic mass is 10.2. The van der Waals surface area contributed by atoms with Crippen molar-refractivity contribution in [3.63, 3.8) is 0 Å². The fourth-order valence-electron chi connectivity index (χ4n) is 1.69. The molecular formula is C15H20FNO3. The van der Waals surface area contributed by atoms with Crippen LogP contribution in [0.15, 0.2) is 24.3 Å². The molecule has 20 heavy (non-hydrogen) atoms. The van der Waals surface area contributed by atoms with Crippen LogP contribution in [0.2, 0.25) is 0 Å². The average Bonchev–Trinajstić information content (AvgIpc) is 2.49. The van der Waals surface area contributed by atoms with E-state index < -0.39 is 6.67 Å². The average molecular weight is 281 g/mol. The third kappa shape index (κ3) is 6.31. The maximum Gasteiger partial charge on any atom is 0.251 e. The molecule has 0 spiro atoms. The molecule has 0 heterocycles. The van der Waals surface area contributed by atoms with Gasteiger partial charge in [0, 0.05) is 18.5 Å². The molecule has 0 saturated carbocycles. The highest BCUT2D eigenvalue weighted by atomic mass is 19.1. The number of unbranched alkanes of at least 4 members (excludes halogenated alkanes) is 3. The van der Waals surface area contributed by atoms with Crippen molar-refractivity contribution in [1.82, 2.24) is 5.32 Å². The lowest BCUT2D eigenvalue weighted by Crippen LogP contribution is -2.24. The van der Waals surface area contributed by atoms with E-state index >= 15 is 0 Å². The first-order valence-corrected chi connectivity index (χ1v) is 6.78. The van der Waals surface area contributed by atoms with Crippen molar-refractivity contribution in [3.05, 3.63) is 29.8 Å². The lowest BCUT2D eigenvalue weighted by Gasteiger charge is -2.06. The Morgan fingerprint density at radius 3 is 2.60 bits per heavy atom. The highest BCUT2D eigenvalue weighted by Crippen LogP contribution is 2.12. The van der Waals surface area contributed by atoms with Crippen LogP contribution in [0, 0.1) is 0 Å². The smallest absolute Gasteiger partial charge is 0.251 e. The van der Waals surface area contributed by atoms with Gasteiger partial charge < -0.3 is 14.8 Å². The number of hydrogen-bond donors (Lipinski definition) is 1. The van der Waals surface area contributed by atoms with Crippen molar-refractivity contribution >= 4 is 12.2 Å². The second-order valence-electron chi connectivity index (χ2n) is 4.33. The number of carbonyl (C=O) groups is 2. The molecular weight excluding hydrogens is 261 g/mol. The molecule has 0 aliphatic carbocycles. The zero-order valence-corrected chi connectivity index (χ0v) is 11.4. The van der Waals surface area contributed by atoms with Gasteiger partial charge in [0.05, 0.1) is 0 Å². The fraction of sp³-hybridized carbons (Fsp3) is 0.467. The van der Waals surface area contributed by atoms with E-state index in [2.05, 4.69) is 5.32 Å². The first-order chi connectivity index (χ1) is 9.77. The Hall–Kier alpha value is -1.91. The molecule has 0 aromatic heterocycles. The van der Waals surface area contributed by atoms with Gasteiger partial charge in [0.2, 0.25) is 0 Å². The monoisotopic (exact) mass is 281 g/mol. The highest BCUT2D eigenvalue weighted by molar-refractivity contribution is 5.94. The molecule has 0 radical (unpaired) electrons. The Morgan fingerprint density at radius 2 is 1.95 bits per heavy atom. The van der Waals surface area contributed by atoms with E-state index in [4.69, 9.17) is 4.74 Å². The number of halogens is 1. The Morgan fingerprint density at radius 1 is 1.20 bits per heavy atom. The summed E-state index contributed by atoms with van der Waals surface area (Å²) in [6.07, 6.45) is 4.13. The summed E-state index contributed by atoms with van der Waals surface area (Å²) >= 11 is 0. The molecule has 1 aromatic rings. The van der Waals surface area contributed by atoms with Gasteiger partial charge in [-0.1, -0.05) is 6.42 Å². The third-order valence-corrected chi connectivity index (χ3v) is 2.75. The zero-order chi connectivity index (χ0) is 14.6. The summed E-state index contributed by atoms with van der Waals surface area (Å²) in [5, 5.41) is 2.81. The number of hydrogen-bond acceptors (Lipinski definition) is 3. The summed E-state index contributed by atoms with van der Waals surface area (Å²) < 4.78 is 17.0. The van der Waals surface area contributed by atoms with E-state index in [0.29, 0.717) is 24.3 Å². The number of benzene rings is 1. The molecule has 5 heteroatoms. The second-order valence-corrected chi connectivity index (χ2v) is 4.33. The van der Waals surface area contributed by atoms with Crippen LogP contribution in [-0.2, 0) is 4.79 Å². The summed E-state index contributed by atoms with van der Waals surface area (Å²) in [6, 6.07) is 6.59. The number of amides is 1. The van der Waals surface area contributed by atoms with Crippen LogP contribution < -0.4 is 10.1 Å². The van der Waals surface area contributed by atoms with Crippen molar-refractivity contribution in [2.24, 2.45) is 0 Å². The van der Waals surface area contributed by atoms with Gasteiger partial charge in [-0.25, -0.2) is 4.39 Å². The zero-order valence-electron chi connectivity index (χ0n) is 11.4. The summed E-state index contributed by atoms with van der Waals surface area (Å²) in [7, 11) is 0. The van der Waals surface area contributed by atoms with E-state index in [1.54, 1.807) is 24.3 Å². The summed E-state index contributed by atoms with van der Waals surface area (Å²) in [6.45, 7) is 0.0798. The van der Waals surface area contributed by atoms with Gasteiger partial charge in [-0.3, -0.25) is 4.79 Å². The minimum atomic E-state index is -0.535. The predicted molar refractivity (Wildman–Crippen MR) is 74.8 cm³/mol. The van der Waals surface area contributed by atoms with Gasteiger partial charge in [0.1, 0.15) is 25.3 Å². The molecule has 0 fully saturated rings. The Balaban J connectivity index is 2.27. The van der Waals surface area contributed by atoms with Gasteiger partial charge in [-0.2, -0.15) is 0 Å². The quantitative estimate of drug-likeness (QED) is 0.529. The molecule has 1 rings (SSSR count). The van der Waals surface area contributed by atoms with Crippen molar-refractivity contribution < 1.29 is 18.7 Å². The number of carbonyl (C=O) groups excluding carboxylic acids is 2. The summed E-state index contributed by atoms with van der Waals surface area (Å²) in [5.41, 5.74) is 0.547. The summed E-state index contributed by atoms with van der Waals surface area (Å²) in [5.74, 6) is 0.408. The molecule has 0 atom stereocenters. The molecule has 4 nitrogen and oxygen atoms in total. The van der Waals surface area contributed by atoms with Crippen LogP contribution in [0.1, 0.15) is 36.0 Å². The van der Waals surface area contributed by atoms with E-state index in [1.807, 2.05) is 0 Å². The molecule has 0 bridgehead atoms. The molecule has 0 aliphatic heterocycles. The highest BCUT2D eigenvalue weighted by Gasteiger charge is 2.04. The predicted octanol–water partition coefficient (Wildman–Crippen LogP) is 2.52. The second kappa shape index (κ2) is 9.95. The maximum absolute atomic E-state index is 11.9. The van der Waals surface area contributed by atoms with Gasteiger partial charge in [-0.15, -0.1) is 0 Å². The van der Waals surface area contributed by atoms with E-state index in [-0.39, 0.29) is 12.5 Å². The fourth-order valence-corrected chi connectivity index (χ4v) is 1.69. The van der Waals surface area contributed by atoms with Gasteiger partial charge in [0.15, 0.2) is 0 Å². The number of ether oxygens (including phenoxy) is 1. The normalized spacial score (nSPS) is 10.1. The number of alkyl halides is 1.